The zero-order chi connectivity index (χ0) is 29.0. The quantitative estimate of drug-likeness (QED) is 0.501. The Morgan fingerprint density at radius 2 is 1.67 bits per heavy atom. The molecule has 0 spiro atoms. The molecule has 0 aromatic heterocycles. The van der Waals surface area contributed by atoms with Crippen molar-refractivity contribution in [2.24, 2.45) is 5.41 Å². The molecule has 2 aliphatic rings. The van der Waals surface area contributed by atoms with Crippen LogP contribution in [0, 0.1) is 5.41 Å². The summed E-state index contributed by atoms with van der Waals surface area (Å²) in [7, 11) is 1.35. The minimum atomic E-state index is -5.51. The number of hydrogen-bond donors (Lipinski definition) is 1. The lowest BCUT2D eigenvalue weighted by atomic mass is 9.72. The number of carbonyl (C=O) groups is 3. The minimum Gasteiger partial charge on any atom is -0.496 e. The lowest BCUT2D eigenvalue weighted by molar-refractivity contribution is -0.190. The summed E-state index contributed by atoms with van der Waals surface area (Å²) >= 11 is 0. The van der Waals surface area contributed by atoms with Crippen LogP contribution < -0.4 is 10.1 Å². The van der Waals surface area contributed by atoms with Gasteiger partial charge in [-0.05, 0) is 36.1 Å². The SMILES string of the molecule is COc1ccccc1CN1C(=O)C(NC(=O)c2cccc(C(F)(F)F)c2)(C(F)(F)F)C2=C1CC(C)(C)CC2=O. The molecular formula is C27H24F6N2O4. The number of ether oxygens (including phenoxy) is 1. The van der Waals surface area contributed by atoms with Crippen molar-refractivity contribution in [2.45, 2.75) is 51.1 Å². The standard InChI is InChI=1S/C27H24F6N2O4/c1-24(2)12-18-21(19(36)13-24)25(27(31,32)33,23(38)35(18)14-16-7-4-5-10-20(16)39-3)34-22(37)15-8-6-9-17(11-15)26(28,29)30/h4-11H,12-14H2,1-3H3,(H,34,37). The maximum absolute atomic E-state index is 15.0. The number of para-hydroxylation sites is 1. The lowest BCUT2D eigenvalue weighted by Gasteiger charge is -2.35. The van der Waals surface area contributed by atoms with Crippen LogP contribution in [0.3, 0.4) is 0 Å². The fourth-order valence-corrected chi connectivity index (χ4v) is 5.08. The van der Waals surface area contributed by atoms with Gasteiger partial charge in [-0.1, -0.05) is 38.1 Å². The van der Waals surface area contributed by atoms with Crippen LogP contribution in [0.2, 0.25) is 0 Å². The van der Waals surface area contributed by atoms with E-state index in [1.807, 2.05) is 0 Å². The Morgan fingerprint density at radius 1 is 1.00 bits per heavy atom. The number of hydrogen-bond acceptors (Lipinski definition) is 4. The van der Waals surface area contributed by atoms with E-state index in [0.29, 0.717) is 17.7 Å². The topological polar surface area (TPSA) is 75.7 Å². The minimum absolute atomic E-state index is 0.0910. The van der Waals surface area contributed by atoms with Crippen molar-refractivity contribution in [1.82, 2.24) is 10.2 Å². The van der Waals surface area contributed by atoms with E-state index in [4.69, 9.17) is 4.74 Å². The van der Waals surface area contributed by atoms with Crippen molar-refractivity contribution in [1.29, 1.82) is 0 Å². The molecule has 12 heteroatoms. The largest absolute Gasteiger partial charge is 0.496 e. The average Bonchev–Trinajstić information content (AvgIpc) is 3.06. The van der Waals surface area contributed by atoms with E-state index in [1.165, 1.54) is 13.2 Å². The van der Waals surface area contributed by atoms with E-state index in [1.54, 1.807) is 37.4 Å². The number of amides is 2. The smallest absolute Gasteiger partial charge is 0.425 e. The van der Waals surface area contributed by atoms with Gasteiger partial charge in [0.05, 0.1) is 24.8 Å². The Morgan fingerprint density at radius 3 is 2.28 bits per heavy atom. The molecule has 1 aliphatic heterocycles. The molecule has 1 aliphatic carbocycles. The Hall–Kier alpha value is -3.83. The number of methoxy groups -OCH3 is 1. The molecule has 1 heterocycles. The Labute approximate surface area is 219 Å². The molecule has 1 atom stereocenters. The first-order valence-corrected chi connectivity index (χ1v) is 11.8. The number of allylic oxidation sites excluding steroid dienone is 1. The fraction of sp³-hybridized carbons (Fsp3) is 0.370. The highest BCUT2D eigenvalue weighted by atomic mass is 19.4. The van der Waals surface area contributed by atoms with Gasteiger partial charge in [0, 0.05) is 23.2 Å². The Bertz CT molecular complexity index is 1380. The predicted octanol–water partition coefficient (Wildman–Crippen LogP) is 5.43. The molecule has 0 fully saturated rings. The van der Waals surface area contributed by atoms with E-state index in [0.717, 1.165) is 17.0 Å². The van der Waals surface area contributed by atoms with Gasteiger partial charge in [0.2, 0.25) is 5.54 Å². The molecular weight excluding hydrogens is 530 g/mol. The zero-order valence-electron chi connectivity index (χ0n) is 21.1. The van der Waals surface area contributed by atoms with Crippen LogP contribution in [0.15, 0.2) is 59.8 Å². The molecule has 1 N–H and O–H groups in total. The summed E-state index contributed by atoms with van der Waals surface area (Å²) in [5.74, 6) is -3.92. The van der Waals surface area contributed by atoms with E-state index < -0.39 is 64.1 Å². The van der Waals surface area contributed by atoms with Gasteiger partial charge in [-0.25, -0.2) is 0 Å². The number of nitrogens with zero attached hydrogens (tertiary/aromatic N) is 1. The van der Waals surface area contributed by atoms with Crippen molar-refractivity contribution >= 4 is 17.6 Å². The zero-order valence-corrected chi connectivity index (χ0v) is 21.1. The Balaban J connectivity index is 1.87. The van der Waals surface area contributed by atoms with Crippen molar-refractivity contribution in [3.63, 3.8) is 0 Å². The van der Waals surface area contributed by atoms with Gasteiger partial charge in [0.15, 0.2) is 5.78 Å². The highest BCUT2D eigenvalue weighted by Crippen LogP contribution is 2.52. The molecule has 2 aromatic rings. The van der Waals surface area contributed by atoms with E-state index >= 15 is 0 Å². The third kappa shape index (κ3) is 4.87. The van der Waals surface area contributed by atoms with Crippen LogP contribution in [0.5, 0.6) is 5.75 Å². The van der Waals surface area contributed by atoms with Crippen LogP contribution in [-0.2, 0) is 22.3 Å². The summed E-state index contributed by atoms with van der Waals surface area (Å²) in [6.45, 7) is 2.92. The molecule has 4 rings (SSSR count). The molecule has 0 bridgehead atoms. The highest BCUT2D eigenvalue weighted by molar-refractivity contribution is 6.14. The van der Waals surface area contributed by atoms with Gasteiger partial charge in [0.1, 0.15) is 5.75 Å². The molecule has 39 heavy (non-hydrogen) atoms. The molecule has 6 nitrogen and oxygen atoms in total. The van der Waals surface area contributed by atoms with Crippen molar-refractivity contribution in [2.75, 3.05) is 7.11 Å². The Kier molecular flexibility index (Phi) is 6.81. The number of carbonyl (C=O) groups excluding carboxylic acids is 3. The lowest BCUT2D eigenvalue weighted by Crippen LogP contribution is -2.66. The molecule has 208 valence electrons. The third-order valence-corrected chi connectivity index (χ3v) is 6.82. The number of nitrogens with one attached hydrogen (secondary N) is 1. The first-order valence-electron chi connectivity index (χ1n) is 11.8. The van der Waals surface area contributed by atoms with Crippen LogP contribution in [0.4, 0.5) is 26.3 Å². The summed E-state index contributed by atoms with van der Waals surface area (Å²) < 4.78 is 89.7. The van der Waals surface area contributed by atoms with Crippen molar-refractivity contribution < 1.29 is 45.5 Å². The molecule has 1 unspecified atom stereocenters. The van der Waals surface area contributed by atoms with E-state index in [2.05, 4.69) is 0 Å². The second-order valence-electron chi connectivity index (χ2n) is 10.2. The number of rotatable bonds is 5. The van der Waals surface area contributed by atoms with Crippen molar-refractivity contribution in [3.8, 4) is 5.75 Å². The van der Waals surface area contributed by atoms with Gasteiger partial charge in [-0.3, -0.25) is 14.4 Å². The second kappa shape index (κ2) is 9.42. The molecule has 0 radical (unpaired) electrons. The van der Waals surface area contributed by atoms with E-state index in [-0.39, 0.29) is 24.3 Å². The molecule has 0 saturated heterocycles. The fourth-order valence-electron chi connectivity index (χ4n) is 5.08. The van der Waals surface area contributed by atoms with Crippen LogP contribution in [0.1, 0.15) is 48.2 Å². The first kappa shape index (κ1) is 28.2. The third-order valence-electron chi connectivity index (χ3n) is 6.82. The molecule has 2 amide bonds. The van der Waals surface area contributed by atoms with Crippen LogP contribution in [-0.4, -0.2) is 41.3 Å². The molecule has 2 aromatic carbocycles. The predicted molar refractivity (Wildman–Crippen MR) is 126 cm³/mol. The van der Waals surface area contributed by atoms with Crippen LogP contribution in [0.25, 0.3) is 0 Å². The van der Waals surface area contributed by atoms with E-state index in [9.17, 15) is 40.7 Å². The summed E-state index contributed by atoms with van der Waals surface area (Å²) in [5, 5.41) is 1.65. The van der Waals surface area contributed by atoms with Gasteiger partial charge >= 0.3 is 12.4 Å². The first-order chi connectivity index (χ1) is 18.0. The maximum Gasteiger partial charge on any atom is 0.425 e. The number of benzene rings is 2. The number of ketones is 1. The second-order valence-corrected chi connectivity index (χ2v) is 10.2. The van der Waals surface area contributed by atoms with Gasteiger partial charge in [0.25, 0.3) is 11.8 Å². The summed E-state index contributed by atoms with van der Waals surface area (Å²) in [5.41, 5.74) is -7.38. The van der Waals surface area contributed by atoms with Gasteiger partial charge in [-0.15, -0.1) is 0 Å². The molecule has 0 saturated carbocycles. The summed E-state index contributed by atoms with van der Waals surface area (Å²) in [4.78, 5) is 40.9. The van der Waals surface area contributed by atoms with Crippen LogP contribution >= 0.6 is 0 Å². The van der Waals surface area contributed by atoms with Gasteiger partial charge < -0.3 is 15.0 Å². The number of halogens is 6. The monoisotopic (exact) mass is 554 g/mol. The number of Topliss-reactive ketones (excluding diaryl/α,β-unsaturated/α-hetero) is 1. The summed E-state index contributed by atoms with van der Waals surface area (Å²) in [6, 6.07) is 9.09. The van der Waals surface area contributed by atoms with Gasteiger partial charge in [-0.2, -0.15) is 26.3 Å². The highest BCUT2D eigenvalue weighted by Gasteiger charge is 2.71. The normalized spacial score (nSPS) is 21.2. The average molecular weight is 554 g/mol. The maximum atomic E-state index is 15.0. The van der Waals surface area contributed by atoms with Crippen molar-refractivity contribution in [3.05, 3.63) is 76.5 Å². The summed E-state index contributed by atoms with van der Waals surface area (Å²) in [6.07, 6.45) is -10.8. The number of alkyl halides is 6.